The number of nitrogens with two attached hydrogens (primary N) is 1. The van der Waals surface area contributed by atoms with E-state index < -0.39 is 0 Å². The monoisotopic (exact) mass is 242 g/mol. The molecule has 0 radical (unpaired) electrons. The first kappa shape index (κ1) is 12.1. The van der Waals surface area contributed by atoms with Crippen molar-refractivity contribution in [1.82, 2.24) is 4.98 Å². The first-order valence-corrected chi connectivity index (χ1v) is 5.50. The van der Waals surface area contributed by atoms with E-state index in [4.69, 9.17) is 5.84 Å². The number of aromatic nitrogens is 1. The molecular formula is C13H14N4O. The van der Waals surface area contributed by atoms with Crippen molar-refractivity contribution in [3.63, 3.8) is 0 Å². The fourth-order valence-corrected chi connectivity index (χ4v) is 1.54. The van der Waals surface area contributed by atoms with Crippen LogP contribution >= 0.6 is 0 Å². The highest BCUT2D eigenvalue weighted by Crippen LogP contribution is 2.11. The Morgan fingerprint density at radius 1 is 1.28 bits per heavy atom. The first-order chi connectivity index (χ1) is 8.69. The van der Waals surface area contributed by atoms with Crippen LogP contribution in [-0.4, -0.2) is 10.9 Å². The number of hydrogen-bond donors (Lipinski definition) is 3. The van der Waals surface area contributed by atoms with E-state index in [0.29, 0.717) is 11.4 Å². The fraction of sp³-hybridized carbons (Fsp3) is 0.0769. The van der Waals surface area contributed by atoms with Gasteiger partial charge in [0.2, 0.25) is 0 Å². The van der Waals surface area contributed by atoms with E-state index in [1.807, 2.05) is 31.2 Å². The number of nitrogens with one attached hydrogen (secondary N) is 2. The van der Waals surface area contributed by atoms with Gasteiger partial charge in [-0.1, -0.05) is 12.1 Å². The van der Waals surface area contributed by atoms with Crippen molar-refractivity contribution in [3.05, 3.63) is 53.7 Å². The molecule has 0 saturated heterocycles. The first-order valence-electron chi connectivity index (χ1n) is 5.50. The van der Waals surface area contributed by atoms with E-state index in [0.717, 1.165) is 11.3 Å². The number of rotatable bonds is 3. The number of aryl methyl sites for hydroxylation is 1. The molecule has 0 unspecified atom stereocenters. The molecule has 0 fully saturated rings. The average Bonchev–Trinajstić information content (AvgIpc) is 2.39. The molecular weight excluding hydrogens is 228 g/mol. The van der Waals surface area contributed by atoms with Gasteiger partial charge in [0, 0.05) is 11.9 Å². The van der Waals surface area contributed by atoms with Gasteiger partial charge in [-0.15, -0.1) is 0 Å². The Labute approximate surface area is 105 Å². The van der Waals surface area contributed by atoms with E-state index >= 15 is 0 Å². The molecule has 0 atom stereocenters. The predicted octanol–water partition coefficient (Wildman–Crippen LogP) is 1.93. The number of nitrogens with zero attached hydrogens (tertiary/aromatic N) is 1. The Bertz CT molecular complexity index is 551. The minimum absolute atomic E-state index is 0.198. The average molecular weight is 242 g/mol. The third kappa shape index (κ3) is 2.83. The predicted molar refractivity (Wildman–Crippen MR) is 71.2 cm³/mol. The maximum atomic E-state index is 11.9. The zero-order valence-electron chi connectivity index (χ0n) is 9.97. The summed E-state index contributed by atoms with van der Waals surface area (Å²) in [5, 5.41) is 2.81. The highest BCUT2D eigenvalue weighted by molar-refractivity contribution is 6.04. The quantitative estimate of drug-likeness (QED) is 0.567. The molecule has 0 aliphatic rings. The van der Waals surface area contributed by atoms with Crippen LogP contribution in [0.3, 0.4) is 0 Å². The molecule has 0 saturated carbocycles. The van der Waals surface area contributed by atoms with Gasteiger partial charge in [-0.05, 0) is 36.8 Å². The summed E-state index contributed by atoms with van der Waals surface area (Å²) >= 11 is 0. The Kier molecular flexibility index (Phi) is 3.54. The smallest absolute Gasteiger partial charge is 0.257 e. The maximum absolute atomic E-state index is 11.9. The zero-order valence-corrected chi connectivity index (χ0v) is 9.97. The van der Waals surface area contributed by atoms with Crippen LogP contribution in [0.5, 0.6) is 0 Å². The van der Waals surface area contributed by atoms with Crippen molar-refractivity contribution in [2.75, 3.05) is 10.7 Å². The Hall–Kier alpha value is -2.40. The fourth-order valence-electron chi connectivity index (χ4n) is 1.54. The summed E-state index contributed by atoms with van der Waals surface area (Å²) in [6.45, 7) is 1.97. The highest BCUT2D eigenvalue weighted by atomic mass is 16.1. The van der Waals surface area contributed by atoms with Gasteiger partial charge in [-0.2, -0.15) is 0 Å². The Morgan fingerprint density at radius 3 is 2.72 bits per heavy atom. The summed E-state index contributed by atoms with van der Waals surface area (Å²) in [4.78, 5) is 15.9. The normalized spacial score (nSPS) is 9.89. The van der Waals surface area contributed by atoms with E-state index in [1.54, 1.807) is 12.1 Å². The van der Waals surface area contributed by atoms with Crippen LogP contribution in [0.25, 0.3) is 0 Å². The Balaban J connectivity index is 2.11. The van der Waals surface area contributed by atoms with Gasteiger partial charge in [0.25, 0.3) is 5.91 Å². The summed E-state index contributed by atoms with van der Waals surface area (Å²) in [5.74, 6) is 5.52. The minimum Gasteiger partial charge on any atom is -0.322 e. The second-order valence-electron chi connectivity index (χ2n) is 3.90. The number of hydrazine groups is 1. The summed E-state index contributed by atoms with van der Waals surface area (Å²) in [7, 11) is 0. The van der Waals surface area contributed by atoms with Crippen LogP contribution in [0.15, 0.2) is 42.6 Å². The van der Waals surface area contributed by atoms with Gasteiger partial charge in [-0.25, -0.2) is 10.8 Å². The maximum Gasteiger partial charge on any atom is 0.257 e. The molecule has 18 heavy (non-hydrogen) atoms. The molecule has 1 amide bonds. The molecule has 4 N–H and O–H groups in total. The van der Waals surface area contributed by atoms with Crippen LogP contribution in [0, 0.1) is 6.92 Å². The van der Waals surface area contributed by atoms with Gasteiger partial charge in [-0.3, -0.25) is 4.79 Å². The van der Waals surface area contributed by atoms with Crippen molar-refractivity contribution in [2.45, 2.75) is 6.92 Å². The Morgan fingerprint density at radius 2 is 2.11 bits per heavy atom. The number of pyridine rings is 1. The third-order valence-corrected chi connectivity index (χ3v) is 2.45. The molecule has 1 heterocycles. The number of anilines is 2. The van der Waals surface area contributed by atoms with Gasteiger partial charge >= 0.3 is 0 Å². The van der Waals surface area contributed by atoms with Crippen molar-refractivity contribution in [2.24, 2.45) is 5.84 Å². The number of carbonyl (C=O) groups excluding carboxylic acids is 1. The lowest BCUT2D eigenvalue weighted by Gasteiger charge is -2.06. The van der Waals surface area contributed by atoms with E-state index in [-0.39, 0.29) is 5.91 Å². The second kappa shape index (κ2) is 5.29. The number of amides is 1. The molecule has 2 rings (SSSR count). The summed E-state index contributed by atoms with van der Waals surface area (Å²) < 4.78 is 0. The molecule has 0 bridgehead atoms. The highest BCUT2D eigenvalue weighted by Gasteiger charge is 2.06. The summed E-state index contributed by atoms with van der Waals surface area (Å²) in [5.41, 5.74) is 4.75. The van der Waals surface area contributed by atoms with Gasteiger partial charge in [0.1, 0.15) is 5.82 Å². The minimum atomic E-state index is -0.198. The number of nitrogen functional groups attached to an aromatic ring is 1. The van der Waals surface area contributed by atoms with Crippen LogP contribution in [-0.2, 0) is 0 Å². The number of hydrogen-bond acceptors (Lipinski definition) is 4. The zero-order chi connectivity index (χ0) is 13.0. The van der Waals surface area contributed by atoms with Gasteiger partial charge < -0.3 is 10.7 Å². The van der Waals surface area contributed by atoms with Crippen LogP contribution in [0.1, 0.15) is 15.9 Å². The molecule has 1 aromatic heterocycles. The lowest BCUT2D eigenvalue weighted by Crippen LogP contribution is -2.13. The lowest BCUT2D eigenvalue weighted by molar-refractivity contribution is 0.102. The van der Waals surface area contributed by atoms with E-state index in [2.05, 4.69) is 15.7 Å². The van der Waals surface area contributed by atoms with Crippen LogP contribution < -0.4 is 16.6 Å². The SMILES string of the molecule is Cc1cccc(NC(=O)c2ccc(NN)nc2)c1. The summed E-state index contributed by atoms with van der Waals surface area (Å²) in [6.07, 6.45) is 1.47. The molecule has 1 aromatic carbocycles. The van der Waals surface area contributed by atoms with E-state index in [1.165, 1.54) is 6.20 Å². The summed E-state index contributed by atoms with van der Waals surface area (Å²) in [6, 6.07) is 10.9. The lowest BCUT2D eigenvalue weighted by atomic mass is 10.2. The standard InChI is InChI=1S/C13H14N4O/c1-9-3-2-4-11(7-9)16-13(18)10-5-6-12(17-14)15-8-10/h2-8H,14H2,1H3,(H,15,17)(H,16,18). The number of benzene rings is 1. The van der Waals surface area contributed by atoms with Crippen LogP contribution in [0.2, 0.25) is 0 Å². The third-order valence-electron chi connectivity index (χ3n) is 2.45. The van der Waals surface area contributed by atoms with Crippen molar-refractivity contribution >= 4 is 17.4 Å². The second-order valence-corrected chi connectivity index (χ2v) is 3.90. The van der Waals surface area contributed by atoms with Crippen molar-refractivity contribution in [1.29, 1.82) is 0 Å². The molecule has 0 aliphatic heterocycles. The van der Waals surface area contributed by atoms with E-state index in [9.17, 15) is 4.79 Å². The van der Waals surface area contributed by atoms with Crippen molar-refractivity contribution in [3.8, 4) is 0 Å². The van der Waals surface area contributed by atoms with Crippen molar-refractivity contribution < 1.29 is 4.79 Å². The molecule has 92 valence electrons. The number of carbonyl (C=O) groups is 1. The molecule has 0 spiro atoms. The molecule has 2 aromatic rings. The molecule has 5 nitrogen and oxygen atoms in total. The molecule has 0 aliphatic carbocycles. The van der Waals surface area contributed by atoms with Crippen LogP contribution in [0.4, 0.5) is 11.5 Å². The largest absolute Gasteiger partial charge is 0.322 e. The van der Waals surface area contributed by atoms with Gasteiger partial charge in [0.05, 0.1) is 5.56 Å². The van der Waals surface area contributed by atoms with Gasteiger partial charge in [0.15, 0.2) is 0 Å². The molecule has 5 heteroatoms. The topological polar surface area (TPSA) is 80.0 Å².